The Balaban J connectivity index is 1.50. The molecule has 4 aromatic rings. The number of hydrogen-bond donors (Lipinski definition) is 1. The lowest BCUT2D eigenvalue weighted by Crippen LogP contribution is -2.32. The van der Waals surface area contributed by atoms with E-state index in [-0.39, 0.29) is 18.3 Å². The van der Waals surface area contributed by atoms with Gasteiger partial charge in [-0.15, -0.1) is 11.3 Å². The van der Waals surface area contributed by atoms with Crippen molar-refractivity contribution < 1.29 is 13.9 Å². The van der Waals surface area contributed by atoms with Gasteiger partial charge in [0.15, 0.2) is 11.6 Å². The maximum atomic E-state index is 13.9. The molecule has 0 aliphatic carbocycles. The zero-order chi connectivity index (χ0) is 20.9. The number of amides is 1. The molecule has 0 radical (unpaired) electrons. The van der Waals surface area contributed by atoms with Crippen LogP contribution in [0.3, 0.4) is 0 Å². The molecule has 30 heavy (non-hydrogen) atoms. The van der Waals surface area contributed by atoms with Crippen LogP contribution in [0.1, 0.15) is 22.1 Å². The van der Waals surface area contributed by atoms with Crippen molar-refractivity contribution in [2.24, 2.45) is 7.05 Å². The molecule has 1 N–H and O–H groups in total. The average Bonchev–Trinajstić information content (AvgIpc) is 3.42. The van der Waals surface area contributed by atoms with Crippen molar-refractivity contribution in [3.63, 3.8) is 0 Å². The van der Waals surface area contributed by atoms with Crippen molar-refractivity contribution in [1.82, 2.24) is 20.1 Å². The summed E-state index contributed by atoms with van der Waals surface area (Å²) in [7, 11) is 1.82. The summed E-state index contributed by atoms with van der Waals surface area (Å²) in [6, 6.07) is 15.1. The molecule has 6 nitrogen and oxygen atoms in total. The van der Waals surface area contributed by atoms with Gasteiger partial charge in [-0.05, 0) is 17.7 Å². The third kappa shape index (κ3) is 4.55. The Morgan fingerprint density at radius 2 is 1.97 bits per heavy atom. The van der Waals surface area contributed by atoms with Crippen molar-refractivity contribution in [2.45, 2.75) is 6.04 Å². The topological polar surface area (TPSA) is 69.0 Å². The summed E-state index contributed by atoms with van der Waals surface area (Å²) < 4.78 is 21.2. The molecule has 1 unspecified atom stereocenters. The number of carbonyl (C=O) groups is 1. The number of halogens is 1. The number of hydrogen-bond acceptors (Lipinski definition) is 5. The lowest BCUT2D eigenvalue weighted by Gasteiger charge is -2.19. The molecule has 2 aromatic heterocycles. The van der Waals surface area contributed by atoms with Gasteiger partial charge in [0.25, 0.3) is 5.91 Å². The highest BCUT2D eigenvalue weighted by Gasteiger charge is 2.20. The van der Waals surface area contributed by atoms with Gasteiger partial charge in [0.05, 0.1) is 12.2 Å². The zero-order valence-electron chi connectivity index (χ0n) is 16.2. The average molecular weight is 422 g/mol. The van der Waals surface area contributed by atoms with E-state index in [9.17, 15) is 9.18 Å². The van der Waals surface area contributed by atoms with E-state index in [2.05, 4.69) is 15.4 Å². The van der Waals surface area contributed by atoms with Crippen molar-refractivity contribution in [1.29, 1.82) is 0 Å². The molecule has 1 atom stereocenters. The quantitative estimate of drug-likeness (QED) is 0.484. The first-order valence-corrected chi connectivity index (χ1v) is 10.2. The van der Waals surface area contributed by atoms with Gasteiger partial charge in [0.2, 0.25) is 0 Å². The normalized spacial score (nSPS) is 11.8. The Morgan fingerprint density at radius 1 is 1.20 bits per heavy atom. The second-order valence-electron chi connectivity index (χ2n) is 6.62. The monoisotopic (exact) mass is 422 g/mol. The van der Waals surface area contributed by atoms with Crippen molar-refractivity contribution in [2.75, 3.05) is 6.61 Å². The Bertz CT molecular complexity index is 1140. The summed E-state index contributed by atoms with van der Waals surface area (Å²) >= 11 is 1.37. The smallest absolute Gasteiger partial charge is 0.271 e. The van der Waals surface area contributed by atoms with E-state index in [4.69, 9.17) is 4.74 Å². The maximum Gasteiger partial charge on any atom is 0.271 e. The van der Waals surface area contributed by atoms with Gasteiger partial charge < -0.3 is 10.1 Å². The fourth-order valence-corrected chi connectivity index (χ4v) is 3.69. The highest BCUT2D eigenvalue weighted by molar-refractivity contribution is 7.13. The van der Waals surface area contributed by atoms with Gasteiger partial charge in [0.1, 0.15) is 17.3 Å². The molecule has 2 heterocycles. The second-order valence-corrected chi connectivity index (χ2v) is 7.48. The number of nitrogens with zero attached hydrogens (tertiary/aromatic N) is 3. The number of nitrogens with one attached hydrogen (secondary N) is 1. The lowest BCUT2D eigenvalue weighted by molar-refractivity contribution is 0.0916. The molecule has 2 aromatic carbocycles. The third-order valence-electron chi connectivity index (χ3n) is 4.44. The number of aryl methyl sites for hydroxylation is 1. The predicted molar refractivity (Wildman–Crippen MR) is 113 cm³/mol. The van der Waals surface area contributed by atoms with Crippen molar-refractivity contribution in [3.05, 3.63) is 89.4 Å². The van der Waals surface area contributed by atoms with E-state index in [1.807, 2.05) is 43.6 Å². The van der Waals surface area contributed by atoms with Crippen LogP contribution in [0.2, 0.25) is 0 Å². The van der Waals surface area contributed by atoms with Crippen LogP contribution < -0.4 is 10.1 Å². The number of aromatic nitrogens is 3. The third-order valence-corrected chi connectivity index (χ3v) is 5.33. The highest BCUT2D eigenvalue weighted by Crippen LogP contribution is 2.24. The molecule has 0 aliphatic rings. The maximum absolute atomic E-state index is 13.9. The van der Waals surface area contributed by atoms with Gasteiger partial charge in [0, 0.05) is 24.2 Å². The summed E-state index contributed by atoms with van der Waals surface area (Å²) in [5.41, 5.74) is 2.01. The summed E-state index contributed by atoms with van der Waals surface area (Å²) in [6.07, 6.45) is 3.55. The predicted octanol–water partition coefficient (Wildman–Crippen LogP) is 4.23. The van der Waals surface area contributed by atoms with Crippen LogP contribution in [0.25, 0.3) is 10.6 Å². The van der Waals surface area contributed by atoms with Crippen LogP contribution in [0.15, 0.2) is 72.4 Å². The number of para-hydroxylation sites is 1. The highest BCUT2D eigenvalue weighted by atomic mass is 32.1. The molecular weight excluding hydrogens is 403 g/mol. The lowest BCUT2D eigenvalue weighted by atomic mass is 10.1. The van der Waals surface area contributed by atoms with Crippen LogP contribution >= 0.6 is 11.3 Å². The minimum absolute atomic E-state index is 0.0796. The van der Waals surface area contributed by atoms with Gasteiger partial charge >= 0.3 is 0 Å². The molecule has 1 amide bonds. The van der Waals surface area contributed by atoms with E-state index >= 15 is 0 Å². The van der Waals surface area contributed by atoms with Gasteiger partial charge in [-0.2, -0.15) is 5.10 Å². The van der Waals surface area contributed by atoms with Gasteiger partial charge in [-0.25, -0.2) is 9.37 Å². The summed E-state index contributed by atoms with van der Waals surface area (Å²) in [6.45, 7) is 0.0796. The second kappa shape index (κ2) is 8.87. The zero-order valence-corrected chi connectivity index (χ0v) is 17.0. The van der Waals surface area contributed by atoms with E-state index in [0.29, 0.717) is 10.7 Å². The SMILES string of the molecule is Cn1cc(-c2nc(C(=O)NC(COc3ccccc3F)c3ccccc3)cs2)cn1. The van der Waals surface area contributed by atoms with Crippen LogP contribution in [-0.4, -0.2) is 27.3 Å². The first kappa shape index (κ1) is 19.8. The fourth-order valence-electron chi connectivity index (χ4n) is 2.92. The van der Waals surface area contributed by atoms with Crippen LogP contribution in [0.5, 0.6) is 5.75 Å². The van der Waals surface area contributed by atoms with E-state index < -0.39 is 11.9 Å². The number of ether oxygens (including phenoxy) is 1. The fraction of sp³-hybridized carbons (Fsp3) is 0.136. The first-order chi connectivity index (χ1) is 14.6. The molecular formula is C22H19FN4O2S. The van der Waals surface area contributed by atoms with Gasteiger partial charge in [-0.1, -0.05) is 42.5 Å². The minimum atomic E-state index is -0.471. The summed E-state index contributed by atoms with van der Waals surface area (Å²) in [5.74, 6) is -0.635. The Hall–Kier alpha value is -3.52. The molecule has 0 bridgehead atoms. The van der Waals surface area contributed by atoms with Crippen molar-refractivity contribution >= 4 is 17.2 Å². The minimum Gasteiger partial charge on any atom is -0.488 e. The number of carbonyl (C=O) groups excluding carboxylic acids is 1. The van der Waals surface area contributed by atoms with Gasteiger partial charge in [-0.3, -0.25) is 9.48 Å². The molecule has 0 fully saturated rings. The molecule has 0 saturated heterocycles. The molecule has 0 saturated carbocycles. The number of rotatable bonds is 7. The summed E-state index contributed by atoms with van der Waals surface area (Å²) in [4.78, 5) is 17.3. The molecule has 8 heteroatoms. The molecule has 0 spiro atoms. The largest absolute Gasteiger partial charge is 0.488 e. The van der Waals surface area contributed by atoms with Crippen molar-refractivity contribution in [3.8, 4) is 16.3 Å². The van der Waals surface area contributed by atoms with Crippen LogP contribution in [0.4, 0.5) is 4.39 Å². The molecule has 152 valence electrons. The van der Waals surface area contributed by atoms with E-state index in [1.165, 1.54) is 17.4 Å². The Kier molecular flexibility index (Phi) is 5.85. The molecule has 4 rings (SSSR count). The Labute approximate surface area is 177 Å². The van der Waals surface area contributed by atoms with Crippen LogP contribution in [0, 0.1) is 5.82 Å². The standard InChI is InChI=1S/C22H19FN4O2S/c1-27-12-16(11-24-27)22-26-19(14-30-22)21(28)25-18(15-7-3-2-4-8-15)13-29-20-10-6-5-9-17(20)23/h2-12,14,18H,13H2,1H3,(H,25,28). The van der Waals surface area contributed by atoms with E-state index in [1.54, 1.807) is 34.5 Å². The number of thiazole rings is 1. The molecule has 0 aliphatic heterocycles. The first-order valence-electron chi connectivity index (χ1n) is 9.28. The summed E-state index contributed by atoms with van der Waals surface area (Å²) in [5, 5.41) is 9.50. The van der Waals surface area contributed by atoms with Crippen LogP contribution in [-0.2, 0) is 7.05 Å². The number of benzene rings is 2. The van der Waals surface area contributed by atoms with E-state index in [0.717, 1.165) is 11.1 Å². The Morgan fingerprint density at radius 3 is 2.70 bits per heavy atom.